The standard InChI is InChI=1S/C30H29Cl2FN2O4/c31-22-2-1-3-23(32)26(22)27-21(28(39-34-27)16-4-5-16)15-38-20-13-30(14-20)11-18-7-8-19(12-30)35(18)25-9-6-17(29(36)37)10-24(25)33/h1-3,6,9-10,16,18-20H,4-5,7-8,11-15H2,(H,36,37)/t18-,19+,20?,30?. The lowest BCUT2D eigenvalue weighted by Gasteiger charge is -2.55. The van der Waals surface area contributed by atoms with Crippen LogP contribution in [0.15, 0.2) is 40.9 Å². The average Bonchev–Trinajstić information content (AvgIpc) is 3.59. The van der Waals surface area contributed by atoms with Crippen molar-refractivity contribution in [2.75, 3.05) is 4.90 Å². The number of benzene rings is 2. The molecule has 39 heavy (non-hydrogen) atoms. The molecule has 0 radical (unpaired) electrons. The average molecular weight is 571 g/mol. The molecular weight excluding hydrogens is 542 g/mol. The van der Waals surface area contributed by atoms with E-state index in [4.69, 9.17) is 32.5 Å². The maximum absolute atomic E-state index is 14.9. The lowest BCUT2D eigenvalue weighted by atomic mass is 9.59. The van der Waals surface area contributed by atoms with Gasteiger partial charge in [0.1, 0.15) is 17.3 Å². The van der Waals surface area contributed by atoms with Crippen LogP contribution in [-0.2, 0) is 11.3 Å². The lowest BCUT2D eigenvalue weighted by molar-refractivity contribution is -0.104. The molecule has 4 fully saturated rings. The van der Waals surface area contributed by atoms with Gasteiger partial charge < -0.3 is 19.3 Å². The molecule has 2 saturated heterocycles. The van der Waals surface area contributed by atoms with Gasteiger partial charge >= 0.3 is 5.97 Å². The fourth-order valence-electron chi connectivity index (χ4n) is 7.29. The van der Waals surface area contributed by atoms with E-state index in [-0.39, 0.29) is 29.2 Å². The summed E-state index contributed by atoms with van der Waals surface area (Å²) in [4.78, 5) is 13.4. The summed E-state index contributed by atoms with van der Waals surface area (Å²) in [7, 11) is 0. The number of hydrogen-bond donors (Lipinski definition) is 1. The second kappa shape index (κ2) is 9.50. The highest BCUT2D eigenvalue weighted by Gasteiger charge is 2.54. The Morgan fingerprint density at radius 1 is 1.08 bits per heavy atom. The summed E-state index contributed by atoms with van der Waals surface area (Å²) in [5.41, 5.74) is 3.03. The molecule has 2 aliphatic heterocycles. The minimum atomic E-state index is -1.11. The SMILES string of the molecule is O=C(O)c1ccc(N2[C@@H]3CC[C@H]2CC2(CC(OCc4c(-c5c(Cl)cccc5Cl)noc4C4CC4)C2)C3)c(F)c1. The van der Waals surface area contributed by atoms with Crippen molar-refractivity contribution in [3.8, 4) is 11.3 Å². The summed E-state index contributed by atoms with van der Waals surface area (Å²) < 4.78 is 27.1. The molecule has 6 nitrogen and oxygen atoms in total. The van der Waals surface area contributed by atoms with Crippen molar-refractivity contribution >= 4 is 34.9 Å². The topological polar surface area (TPSA) is 75.8 Å². The first kappa shape index (κ1) is 25.4. The largest absolute Gasteiger partial charge is 0.478 e. The molecule has 3 aromatic rings. The van der Waals surface area contributed by atoms with Crippen molar-refractivity contribution in [3.05, 3.63) is 69.1 Å². The molecule has 1 aromatic heterocycles. The van der Waals surface area contributed by atoms with E-state index in [9.17, 15) is 14.3 Å². The van der Waals surface area contributed by atoms with E-state index in [0.717, 1.165) is 68.8 Å². The number of carboxylic acid groups (broad SMARTS) is 1. The quantitative estimate of drug-likeness (QED) is 0.311. The van der Waals surface area contributed by atoms with Crippen LogP contribution in [0.5, 0.6) is 0 Å². The lowest BCUT2D eigenvalue weighted by Crippen LogP contribution is -2.54. The van der Waals surface area contributed by atoms with Gasteiger partial charge in [0, 0.05) is 29.1 Å². The van der Waals surface area contributed by atoms with Crippen molar-refractivity contribution in [3.63, 3.8) is 0 Å². The van der Waals surface area contributed by atoms with Crippen LogP contribution in [0.4, 0.5) is 10.1 Å². The highest BCUT2D eigenvalue weighted by molar-refractivity contribution is 6.39. The van der Waals surface area contributed by atoms with Crippen LogP contribution in [-0.4, -0.2) is 34.4 Å². The molecule has 2 bridgehead atoms. The molecule has 2 aromatic carbocycles. The first-order valence-corrected chi connectivity index (χ1v) is 14.4. The van der Waals surface area contributed by atoms with Crippen LogP contribution < -0.4 is 4.90 Å². The number of rotatable bonds is 7. The summed E-state index contributed by atoms with van der Waals surface area (Å²) in [6.07, 6.45) is 8.37. The number of piperidine rings is 1. The number of carboxylic acids is 1. The minimum Gasteiger partial charge on any atom is -0.478 e. The number of aromatic carboxylic acids is 1. The molecule has 1 N–H and O–H groups in total. The molecule has 204 valence electrons. The van der Waals surface area contributed by atoms with Gasteiger partial charge in [-0.3, -0.25) is 0 Å². The fourth-order valence-corrected chi connectivity index (χ4v) is 7.87. The summed E-state index contributed by atoms with van der Waals surface area (Å²) >= 11 is 13.0. The maximum Gasteiger partial charge on any atom is 0.335 e. The zero-order chi connectivity index (χ0) is 26.9. The van der Waals surface area contributed by atoms with Gasteiger partial charge in [0.2, 0.25) is 0 Å². The van der Waals surface area contributed by atoms with Gasteiger partial charge in [0.15, 0.2) is 0 Å². The van der Waals surface area contributed by atoms with E-state index in [1.54, 1.807) is 6.07 Å². The smallest absolute Gasteiger partial charge is 0.335 e. The predicted octanol–water partition coefficient (Wildman–Crippen LogP) is 7.86. The summed E-state index contributed by atoms with van der Waals surface area (Å²) in [6, 6.07) is 10.2. The van der Waals surface area contributed by atoms with E-state index < -0.39 is 11.8 Å². The van der Waals surface area contributed by atoms with Gasteiger partial charge in [-0.2, -0.15) is 0 Å². The molecule has 9 heteroatoms. The number of nitrogens with zero attached hydrogens (tertiary/aromatic N) is 2. The molecule has 4 aliphatic rings. The van der Waals surface area contributed by atoms with E-state index >= 15 is 0 Å². The Balaban J connectivity index is 1.03. The van der Waals surface area contributed by atoms with Gasteiger partial charge in [-0.15, -0.1) is 0 Å². The third-order valence-corrected chi connectivity index (χ3v) is 9.81. The number of hydrogen-bond acceptors (Lipinski definition) is 5. The highest BCUT2D eigenvalue weighted by Crippen LogP contribution is 2.58. The van der Waals surface area contributed by atoms with Crippen LogP contribution in [0.2, 0.25) is 10.0 Å². The minimum absolute atomic E-state index is 0.0197. The number of aromatic nitrogens is 1. The molecule has 1 spiro atoms. The molecule has 3 heterocycles. The van der Waals surface area contributed by atoms with Crippen molar-refractivity contribution < 1.29 is 23.6 Å². The van der Waals surface area contributed by atoms with Crippen molar-refractivity contribution in [1.29, 1.82) is 0 Å². The van der Waals surface area contributed by atoms with Gasteiger partial charge in [-0.05, 0) is 87.1 Å². The predicted molar refractivity (Wildman–Crippen MR) is 146 cm³/mol. The third-order valence-electron chi connectivity index (χ3n) is 9.18. The van der Waals surface area contributed by atoms with Crippen LogP contribution in [0, 0.1) is 11.2 Å². The van der Waals surface area contributed by atoms with Gasteiger partial charge in [-0.25, -0.2) is 9.18 Å². The van der Waals surface area contributed by atoms with Gasteiger partial charge in [0.05, 0.1) is 34.0 Å². The second-order valence-corrected chi connectivity index (χ2v) is 12.6. The van der Waals surface area contributed by atoms with Gasteiger partial charge in [0.25, 0.3) is 0 Å². The molecular formula is C30H29Cl2FN2O4. The number of carbonyl (C=O) groups is 1. The van der Waals surface area contributed by atoms with Crippen LogP contribution in [0.1, 0.15) is 79.0 Å². The number of halogens is 3. The molecule has 0 unspecified atom stereocenters. The molecule has 2 saturated carbocycles. The van der Waals surface area contributed by atoms with E-state index in [0.29, 0.717) is 39.5 Å². The third kappa shape index (κ3) is 4.43. The zero-order valence-electron chi connectivity index (χ0n) is 21.3. The van der Waals surface area contributed by atoms with E-state index in [1.165, 1.54) is 6.07 Å². The Hall–Kier alpha value is -2.61. The first-order chi connectivity index (χ1) is 18.8. The Bertz CT molecular complexity index is 1410. The number of ether oxygens (including phenoxy) is 1. The molecule has 2 aliphatic carbocycles. The summed E-state index contributed by atoms with van der Waals surface area (Å²) in [6.45, 7) is 0.410. The Morgan fingerprint density at radius 2 is 1.77 bits per heavy atom. The highest BCUT2D eigenvalue weighted by atomic mass is 35.5. The normalized spacial score (nSPS) is 27.7. The van der Waals surface area contributed by atoms with Crippen LogP contribution >= 0.6 is 23.2 Å². The molecule has 7 rings (SSSR count). The van der Waals surface area contributed by atoms with Crippen molar-refractivity contribution in [1.82, 2.24) is 5.16 Å². The fraction of sp³-hybridized carbons (Fsp3) is 0.467. The summed E-state index contributed by atoms with van der Waals surface area (Å²) in [5, 5.41) is 14.6. The Morgan fingerprint density at radius 3 is 2.38 bits per heavy atom. The monoisotopic (exact) mass is 570 g/mol. The molecule has 2 atom stereocenters. The first-order valence-electron chi connectivity index (χ1n) is 13.7. The van der Waals surface area contributed by atoms with Crippen molar-refractivity contribution in [2.45, 2.75) is 82.1 Å². The Labute approximate surface area is 236 Å². The number of fused-ring (bicyclic) bond motifs is 2. The molecule has 0 amide bonds. The van der Waals surface area contributed by atoms with Gasteiger partial charge in [-0.1, -0.05) is 34.4 Å². The van der Waals surface area contributed by atoms with Crippen LogP contribution in [0.25, 0.3) is 11.3 Å². The second-order valence-electron chi connectivity index (χ2n) is 11.8. The van der Waals surface area contributed by atoms with Crippen LogP contribution in [0.3, 0.4) is 0 Å². The maximum atomic E-state index is 14.9. The Kier molecular flexibility index (Phi) is 6.18. The summed E-state index contributed by atoms with van der Waals surface area (Å²) in [5.74, 6) is -0.299. The number of anilines is 1. The van der Waals surface area contributed by atoms with E-state index in [1.807, 2.05) is 18.2 Å². The van der Waals surface area contributed by atoms with E-state index in [2.05, 4.69) is 10.1 Å². The van der Waals surface area contributed by atoms with Crippen molar-refractivity contribution in [2.24, 2.45) is 5.41 Å². The zero-order valence-corrected chi connectivity index (χ0v) is 22.8.